The fraction of sp³-hybridized carbons (Fsp3) is 0.500. The first-order valence-corrected chi connectivity index (χ1v) is 6.18. The van der Waals surface area contributed by atoms with Crippen LogP contribution >= 0.6 is 0 Å². The van der Waals surface area contributed by atoms with Crippen molar-refractivity contribution in [3.63, 3.8) is 0 Å². The zero-order chi connectivity index (χ0) is 12.8. The molecule has 0 aromatic heterocycles. The van der Waals surface area contributed by atoms with Gasteiger partial charge in [0.25, 0.3) is 0 Å². The first kappa shape index (κ1) is 13.7. The molecule has 3 nitrogen and oxygen atoms in total. The molecule has 1 rings (SSSR count). The molecule has 1 aromatic rings. The molecule has 94 valence electrons. The summed E-state index contributed by atoms with van der Waals surface area (Å²) in [6.45, 7) is 6.28. The highest BCUT2D eigenvalue weighted by Gasteiger charge is 2.21. The quantitative estimate of drug-likeness (QED) is 0.797. The Morgan fingerprint density at radius 1 is 1.24 bits per heavy atom. The maximum absolute atomic E-state index is 11.7. The second-order valence-corrected chi connectivity index (χ2v) is 3.93. The van der Waals surface area contributed by atoms with E-state index in [0.717, 1.165) is 29.5 Å². The molecular formula is C14H21NO2. The van der Waals surface area contributed by atoms with E-state index in [1.165, 1.54) is 0 Å². The van der Waals surface area contributed by atoms with Crippen molar-refractivity contribution in [1.82, 2.24) is 0 Å². The molecule has 0 spiro atoms. The van der Waals surface area contributed by atoms with Gasteiger partial charge in [-0.15, -0.1) is 0 Å². The zero-order valence-electron chi connectivity index (χ0n) is 10.8. The van der Waals surface area contributed by atoms with Gasteiger partial charge in [-0.05, 0) is 36.5 Å². The van der Waals surface area contributed by atoms with E-state index in [1.807, 2.05) is 18.2 Å². The summed E-state index contributed by atoms with van der Waals surface area (Å²) in [4.78, 5) is 11.7. The Morgan fingerprint density at radius 3 is 2.18 bits per heavy atom. The van der Waals surface area contributed by atoms with Crippen LogP contribution in [0.3, 0.4) is 0 Å². The number of carbonyl (C=O) groups is 1. The summed E-state index contributed by atoms with van der Waals surface area (Å²) in [5, 5.41) is 0. The fourth-order valence-electron chi connectivity index (χ4n) is 2.03. The van der Waals surface area contributed by atoms with Gasteiger partial charge < -0.3 is 10.5 Å². The Balaban J connectivity index is 3.13. The van der Waals surface area contributed by atoms with Crippen LogP contribution in [0.25, 0.3) is 0 Å². The van der Waals surface area contributed by atoms with Crippen LogP contribution in [0.15, 0.2) is 18.2 Å². The highest BCUT2D eigenvalue weighted by molar-refractivity contribution is 5.78. The van der Waals surface area contributed by atoms with Crippen LogP contribution in [0.1, 0.15) is 43.5 Å². The Kier molecular flexibility index (Phi) is 5.16. The van der Waals surface area contributed by atoms with E-state index in [4.69, 9.17) is 10.5 Å². The van der Waals surface area contributed by atoms with E-state index in [-0.39, 0.29) is 5.97 Å². The van der Waals surface area contributed by atoms with Gasteiger partial charge >= 0.3 is 5.97 Å². The van der Waals surface area contributed by atoms with Gasteiger partial charge in [-0.25, -0.2) is 4.79 Å². The van der Waals surface area contributed by atoms with Crippen molar-refractivity contribution in [2.45, 2.75) is 39.7 Å². The first-order valence-electron chi connectivity index (χ1n) is 6.18. The van der Waals surface area contributed by atoms with Crippen molar-refractivity contribution in [2.24, 2.45) is 5.73 Å². The lowest BCUT2D eigenvalue weighted by molar-refractivity contribution is -0.144. The molecule has 0 aliphatic carbocycles. The maximum atomic E-state index is 11.7. The lowest BCUT2D eigenvalue weighted by Gasteiger charge is -2.18. The molecule has 2 N–H and O–H groups in total. The molecule has 1 atom stereocenters. The van der Waals surface area contributed by atoms with Crippen molar-refractivity contribution in [1.29, 1.82) is 0 Å². The van der Waals surface area contributed by atoms with Crippen molar-refractivity contribution in [3.8, 4) is 0 Å². The normalized spacial score (nSPS) is 12.2. The van der Waals surface area contributed by atoms with E-state index < -0.39 is 6.04 Å². The molecule has 1 unspecified atom stereocenters. The van der Waals surface area contributed by atoms with Gasteiger partial charge in [0.2, 0.25) is 0 Å². The SMILES string of the molecule is CCOC(=O)C(N)c1c(CC)cccc1CC. The lowest BCUT2D eigenvalue weighted by Crippen LogP contribution is -2.26. The molecule has 0 heterocycles. The van der Waals surface area contributed by atoms with E-state index in [0.29, 0.717) is 6.61 Å². The predicted octanol–water partition coefficient (Wildman–Crippen LogP) is 2.37. The molecule has 0 aliphatic heterocycles. The summed E-state index contributed by atoms with van der Waals surface area (Å²) in [6, 6.07) is 5.39. The molecule has 0 radical (unpaired) electrons. The van der Waals surface area contributed by atoms with Gasteiger partial charge in [0.15, 0.2) is 0 Å². The lowest BCUT2D eigenvalue weighted by atomic mass is 9.92. The molecule has 1 aromatic carbocycles. The maximum Gasteiger partial charge on any atom is 0.327 e. The van der Waals surface area contributed by atoms with Crippen molar-refractivity contribution in [2.75, 3.05) is 6.61 Å². The van der Waals surface area contributed by atoms with Crippen LogP contribution < -0.4 is 5.73 Å². The third kappa shape index (κ3) is 3.07. The Morgan fingerprint density at radius 2 is 1.76 bits per heavy atom. The Hall–Kier alpha value is -1.35. The Bertz CT molecular complexity index is 366. The summed E-state index contributed by atoms with van der Waals surface area (Å²) in [5.74, 6) is -0.344. The molecule has 0 saturated heterocycles. The highest BCUT2D eigenvalue weighted by Crippen LogP contribution is 2.23. The smallest absolute Gasteiger partial charge is 0.327 e. The van der Waals surface area contributed by atoms with Gasteiger partial charge in [0.05, 0.1) is 6.61 Å². The number of rotatable bonds is 5. The second kappa shape index (κ2) is 6.40. The van der Waals surface area contributed by atoms with E-state index in [9.17, 15) is 4.79 Å². The van der Waals surface area contributed by atoms with Crippen LogP contribution in [0, 0.1) is 0 Å². The summed E-state index contributed by atoms with van der Waals surface area (Å²) in [7, 11) is 0. The second-order valence-electron chi connectivity index (χ2n) is 3.93. The van der Waals surface area contributed by atoms with Crippen LogP contribution in [-0.2, 0) is 22.4 Å². The highest BCUT2D eigenvalue weighted by atomic mass is 16.5. The molecule has 0 bridgehead atoms. The zero-order valence-corrected chi connectivity index (χ0v) is 10.8. The monoisotopic (exact) mass is 235 g/mol. The van der Waals surface area contributed by atoms with Gasteiger partial charge in [0.1, 0.15) is 6.04 Å². The molecule has 0 aliphatic rings. The third-order valence-electron chi connectivity index (χ3n) is 2.90. The third-order valence-corrected chi connectivity index (χ3v) is 2.90. The van der Waals surface area contributed by atoms with Crippen LogP contribution in [0.2, 0.25) is 0 Å². The van der Waals surface area contributed by atoms with E-state index >= 15 is 0 Å². The average molecular weight is 235 g/mol. The number of hydrogen-bond acceptors (Lipinski definition) is 3. The molecule has 17 heavy (non-hydrogen) atoms. The number of hydrogen-bond donors (Lipinski definition) is 1. The standard InChI is InChI=1S/C14H21NO2/c1-4-10-8-7-9-11(5-2)12(10)13(15)14(16)17-6-3/h7-9,13H,4-6,15H2,1-3H3. The van der Waals surface area contributed by atoms with Crippen molar-refractivity contribution >= 4 is 5.97 Å². The minimum Gasteiger partial charge on any atom is -0.465 e. The molecular weight excluding hydrogens is 214 g/mol. The number of ether oxygens (including phenoxy) is 1. The van der Waals surface area contributed by atoms with E-state index in [2.05, 4.69) is 13.8 Å². The van der Waals surface area contributed by atoms with Crippen LogP contribution in [-0.4, -0.2) is 12.6 Å². The summed E-state index contributed by atoms with van der Waals surface area (Å²) in [6.07, 6.45) is 1.74. The minimum absolute atomic E-state index is 0.344. The number of benzene rings is 1. The molecule has 0 fully saturated rings. The van der Waals surface area contributed by atoms with Crippen LogP contribution in [0.5, 0.6) is 0 Å². The molecule has 3 heteroatoms. The number of esters is 1. The minimum atomic E-state index is -0.666. The van der Waals surface area contributed by atoms with Gasteiger partial charge in [0, 0.05) is 0 Å². The number of carbonyl (C=O) groups excluding carboxylic acids is 1. The summed E-state index contributed by atoms with van der Waals surface area (Å²) < 4.78 is 4.99. The van der Waals surface area contributed by atoms with Gasteiger partial charge in [-0.1, -0.05) is 32.0 Å². The number of nitrogens with two attached hydrogens (primary N) is 1. The largest absolute Gasteiger partial charge is 0.465 e. The van der Waals surface area contributed by atoms with Crippen molar-refractivity contribution in [3.05, 3.63) is 34.9 Å². The predicted molar refractivity (Wildman–Crippen MR) is 68.8 cm³/mol. The average Bonchev–Trinajstić information content (AvgIpc) is 2.37. The summed E-state index contributed by atoms with van der Waals surface area (Å²) >= 11 is 0. The molecule has 0 amide bonds. The Labute approximate surface area is 103 Å². The van der Waals surface area contributed by atoms with E-state index in [1.54, 1.807) is 6.92 Å². The molecule has 0 saturated carbocycles. The van der Waals surface area contributed by atoms with Gasteiger partial charge in [-0.2, -0.15) is 0 Å². The van der Waals surface area contributed by atoms with Crippen molar-refractivity contribution < 1.29 is 9.53 Å². The van der Waals surface area contributed by atoms with Crippen LogP contribution in [0.4, 0.5) is 0 Å². The first-order chi connectivity index (χ1) is 8.15. The fourth-order valence-corrected chi connectivity index (χ4v) is 2.03. The number of aryl methyl sites for hydroxylation is 2. The summed E-state index contributed by atoms with van der Waals surface area (Å²) in [5.41, 5.74) is 9.20. The van der Waals surface area contributed by atoms with Gasteiger partial charge in [-0.3, -0.25) is 0 Å². The topological polar surface area (TPSA) is 52.3 Å².